The number of halogens is 1. The first-order chi connectivity index (χ1) is 14.0. The average Bonchev–Trinajstić information content (AvgIpc) is 3.04. The van der Waals surface area contributed by atoms with Gasteiger partial charge in [0.2, 0.25) is 0 Å². The highest BCUT2D eigenvalue weighted by Crippen LogP contribution is 2.38. The predicted molar refractivity (Wildman–Crippen MR) is 126 cm³/mol. The van der Waals surface area contributed by atoms with Crippen molar-refractivity contribution in [2.75, 3.05) is 13.1 Å². The molecule has 1 unspecified atom stereocenters. The molecule has 1 aromatic heterocycles. The van der Waals surface area contributed by atoms with E-state index in [1.54, 1.807) is 11.2 Å². The summed E-state index contributed by atoms with van der Waals surface area (Å²) >= 11 is 3.59. The SMILES string of the molecule is C[C@H](Cn1cnc2cccc(Br)c21)OC(=O)N1CCCC(O[Si](C)(C)C(C)(C)C)C1. The molecule has 0 radical (unpaired) electrons. The fourth-order valence-corrected chi connectivity index (χ4v) is 5.54. The smallest absolute Gasteiger partial charge is 0.410 e. The topological polar surface area (TPSA) is 56.6 Å². The second kappa shape index (κ2) is 9.00. The van der Waals surface area contributed by atoms with Gasteiger partial charge in [-0.05, 0) is 66.0 Å². The summed E-state index contributed by atoms with van der Waals surface area (Å²) in [5, 5.41) is 0.159. The van der Waals surface area contributed by atoms with Crippen LogP contribution in [0.15, 0.2) is 29.0 Å². The third kappa shape index (κ3) is 5.26. The molecule has 1 aliphatic heterocycles. The molecule has 0 spiro atoms. The molecular formula is C22H34BrN3O3Si. The first kappa shape index (κ1) is 23.3. The van der Waals surface area contributed by atoms with Crippen molar-refractivity contribution in [2.24, 2.45) is 0 Å². The Labute approximate surface area is 189 Å². The summed E-state index contributed by atoms with van der Waals surface area (Å²) in [7, 11) is -1.86. The molecule has 1 fully saturated rings. The first-order valence-electron chi connectivity index (χ1n) is 10.7. The fraction of sp³-hybridized carbons (Fsp3) is 0.636. The molecule has 1 aromatic carbocycles. The Balaban J connectivity index is 1.58. The molecular weight excluding hydrogens is 462 g/mol. The van der Waals surface area contributed by atoms with E-state index in [0.717, 1.165) is 34.9 Å². The summed E-state index contributed by atoms with van der Waals surface area (Å²) in [6.07, 6.45) is 3.32. The lowest BCUT2D eigenvalue weighted by Gasteiger charge is -2.42. The molecule has 0 saturated carbocycles. The Kier molecular flexibility index (Phi) is 6.99. The summed E-state index contributed by atoms with van der Waals surface area (Å²) in [5.41, 5.74) is 1.94. The molecule has 0 bridgehead atoms. The molecule has 0 aliphatic carbocycles. The molecule has 2 aromatic rings. The van der Waals surface area contributed by atoms with E-state index >= 15 is 0 Å². The number of imidazole rings is 1. The highest BCUT2D eigenvalue weighted by atomic mass is 79.9. The van der Waals surface area contributed by atoms with E-state index in [2.05, 4.69) is 54.8 Å². The Hall–Kier alpha value is -1.38. The van der Waals surface area contributed by atoms with Gasteiger partial charge in [-0.1, -0.05) is 26.8 Å². The quantitative estimate of drug-likeness (QED) is 0.491. The van der Waals surface area contributed by atoms with Crippen LogP contribution in [-0.2, 0) is 15.7 Å². The number of carbonyl (C=O) groups excluding carboxylic acids is 1. The van der Waals surface area contributed by atoms with E-state index in [-0.39, 0.29) is 23.3 Å². The maximum Gasteiger partial charge on any atom is 0.410 e. The van der Waals surface area contributed by atoms with Crippen LogP contribution in [0.1, 0.15) is 40.5 Å². The van der Waals surface area contributed by atoms with Gasteiger partial charge >= 0.3 is 6.09 Å². The number of rotatable bonds is 5. The number of carbonyl (C=O) groups is 1. The van der Waals surface area contributed by atoms with Gasteiger partial charge in [0.25, 0.3) is 0 Å². The minimum Gasteiger partial charge on any atom is -0.444 e. The maximum absolute atomic E-state index is 12.8. The van der Waals surface area contributed by atoms with Gasteiger partial charge in [-0.3, -0.25) is 0 Å². The molecule has 2 heterocycles. The molecule has 1 amide bonds. The van der Waals surface area contributed by atoms with Crippen molar-refractivity contribution < 1.29 is 14.0 Å². The summed E-state index contributed by atoms with van der Waals surface area (Å²) in [6.45, 7) is 15.1. The molecule has 3 rings (SSSR count). The minimum absolute atomic E-state index is 0.0936. The molecule has 1 saturated heterocycles. The van der Waals surface area contributed by atoms with Crippen molar-refractivity contribution in [3.05, 3.63) is 29.0 Å². The molecule has 2 atom stereocenters. The van der Waals surface area contributed by atoms with Crippen LogP contribution in [0.4, 0.5) is 4.79 Å². The van der Waals surface area contributed by atoms with Crippen LogP contribution in [0.3, 0.4) is 0 Å². The first-order valence-corrected chi connectivity index (χ1v) is 14.4. The predicted octanol–water partition coefficient (Wildman–Crippen LogP) is 5.81. The lowest BCUT2D eigenvalue weighted by atomic mass is 10.1. The maximum atomic E-state index is 12.8. The monoisotopic (exact) mass is 495 g/mol. The molecule has 1 aliphatic rings. The van der Waals surface area contributed by atoms with Gasteiger partial charge in [0.05, 0.1) is 30.0 Å². The van der Waals surface area contributed by atoms with Crippen LogP contribution < -0.4 is 0 Å². The summed E-state index contributed by atoms with van der Waals surface area (Å²) in [6, 6.07) is 5.93. The second-order valence-corrected chi connectivity index (χ2v) is 15.4. The van der Waals surface area contributed by atoms with Gasteiger partial charge in [0.15, 0.2) is 8.32 Å². The van der Waals surface area contributed by atoms with Gasteiger partial charge in [0, 0.05) is 17.6 Å². The lowest BCUT2D eigenvalue weighted by molar-refractivity contribution is 0.0325. The van der Waals surface area contributed by atoms with Crippen molar-refractivity contribution in [2.45, 2.75) is 77.4 Å². The number of benzene rings is 1. The third-order valence-electron chi connectivity index (χ3n) is 6.25. The van der Waals surface area contributed by atoms with E-state index < -0.39 is 8.32 Å². The Morgan fingerprint density at radius 3 is 2.80 bits per heavy atom. The molecule has 166 valence electrons. The molecule has 8 heteroatoms. The number of nitrogens with zero attached hydrogens (tertiary/aromatic N) is 3. The minimum atomic E-state index is -1.86. The number of fused-ring (bicyclic) bond motifs is 1. The molecule has 30 heavy (non-hydrogen) atoms. The van der Waals surface area contributed by atoms with Gasteiger partial charge in [-0.2, -0.15) is 0 Å². The highest BCUT2D eigenvalue weighted by Gasteiger charge is 2.40. The standard InChI is InChI=1S/C22H34BrN3O3Si/c1-16(13-26-15-24-19-11-7-10-18(23)20(19)26)28-21(27)25-12-8-9-17(14-25)29-30(5,6)22(2,3)4/h7,10-11,15-17H,8-9,12-14H2,1-6H3/t16-,17?/m1/s1. The van der Waals surface area contributed by atoms with Crippen LogP contribution in [0.5, 0.6) is 0 Å². The normalized spacial score (nSPS) is 19.2. The van der Waals surface area contributed by atoms with Crippen LogP contribution >= 0.6 is 15.9 Å². The van der Waals surface area contributed by atoms with E-state index in [1.165, 1.54) is 0 Å². The van der Waals surface area contributed by atoms with E-state index in [1.807, 2.05) is 29.7 Å². The summed E-state index contributed by atoms with van der Waals surface area (Å²) < 4.78 is 15.3. The van der Waals surface area contributed by atoms with Gasteiger partial charge < -0.3 is 18.6 Å². The third-order valence-corrected chi connectivity index (χ3v) is 11.4. The summed E-state index contributed by atoms with van der Waals surface area (Å²) in [4.78, 5) is 19.0. The lowest BCUT2D eigenvalue weighted by Crippen LogP contribution is -2.50. The highest BCUT2D eigenvalue weighted by molar-refractivity contribution is 9.10. The van der Waals surface area contributed by atoms with Crippen LogP contribution in [-0.4, -0.2) is 54.2 Å². The number of likely N-dealkylation sites (tertiary alicyclic amines) is 1. The zero-order valence-corrected chi connectivity index (χ0v) is 21.5. The number of para-hydroxylation sites is 1. The van der Waals surface area contributed by atoms with E-state index in [0.29, 0.717) is 13.1 Å². The average molecular weight is 497 g/mol. The van der Waals surface area contributed by atoms with Crippen LogP contribution in [0.2, 0.25) is 18.1 Å². The zero-order chi connectivity index (χ0) is 22.1. The van der Waals surface area contributed by atoms with Crippen molar-refractivity contribution in [1.82, 2.24) is 14.5 Å². The van der Waals surface area contributed by atoms with Gasteiger partial charge in [-0.15, -0.1) is 0 Å². The van der Waals surface area contributed by atoms with Crippen molar-refractivity contribution >= 4 is 41.4 Å². The molecule has 6 nitrogen and oxygen atoms in total. The van der Waals surface area contributed by atoms with Crippen molar-refractivity contribution in [1.29, 1.82) is 0 Å². The number of amides is 1. The van der Waals surface area contributed by atoms with E-state index in [9.17, 15) is 4.79 Å². The second-order valence-electron chi connectivity index (χ2n) is 9.79. The molecule has 0 N–H and O–H groups in total. The Morgan fingerprint density at radius 2 is 2.10 bits per heavy atom. The number of hydrogen-bond donors (Lipinski definition) is 0. The Bertz CT molecular complexity index is 893. The number of ether oxygens (including phenoxy) is 1. The number of aromatic nitrogens is 2. The van der Waals surface area contributed by atoms with Crippen molar-refractivity contribution in [3.8, 4) is 0 Å². The Morgan fingerprint density at radius 1 is 1.37 bits per heavy atom. The van der Waals surface area contributed by atoms with E-state index in [4.69, 9.17) is 9.16 Å². The number of piperidine rings is 1. The van der Waals surface area contributed by atoms with Gasteiger partial charge in [-0.25, -0.2) is 9.78 Å². The van der Waals surface area contributed by atoms with Gasteiger partial charge in [0.1, 0.15) is 6.10 Å². The van der Waals surface area contributed by atoms with Crippen molar-refractivity contribution in [3.63, 3.8) is 0 Å². The fourth-order valence-electron chi connectivity index (χ4n) is 3.58. The zero-order valence-electron chi connectivity index (χ0n) is 18.9. The number of hydrogen-bond acceptors (Lipinski definition) is 4. The van der Waals surface area contributed by atoms with Crippen LogP contribution in [0, 0.1) is 0 Å². The largest absolute Gasteiger partial charge is 0.444 e. The van der Waals surface area contributed by atoms with Crippen LogP contribution in [0.25, 0.3) is 11.0 Å². The summed E-state index contributed by atoms with van der Waals surface area (Å²) in [5.74, 6) is 0.